The van der Waals surface area contributed by atoms with E-state index in [0.29, 0.717) is 0 Å². The van der Waals surface area contributed by atoms with E-state index in [1.54, 1.807) is 20.8 Å². The van der Waals surface area contributed by atoms with Gasteiger partial charge in [-0.2, -0.15) is 7.94 Å². The Morgan fingerprint density at radius 3 is 1.27 bits per heavy atom. The molecule has 0 aromatic rings. The van der Waals surface area contributed by atoms with Crippen molar-refractivity contribution in [1.29, 1.82) is 0 Å². The van der Waals surface area contributed by atoms with Crippen molar-refractivity contribution in [1.82, 2.24) is 0 Å². The smallest absolute Gasteiger partial charge is 0.688 e. The fourth-order valence-corrected chi connectivity index (χ4v) is 1.74. The Kier molecular flexibility index (Phi) is 14.3. The molecule has 3 nitrogen and oxygen atoms in total. The summed E-state index contributed by atoms with van der Waals surface area (Å²) in [6.45, 7) is 5.15. The monoisotopic (exact) mass is 228 g/mol. The van der Waals surface area contributed by atoms with Gasteiger partial charge in [0.2, 0.25) is 0 Å². The summed E-state index contributed by atoms with van der Waals surface area (Å²) in [5.41, 5.74) is -0.404. The second kappa shape index (κ2) is 7.82. The zero-order valence-electron chi connectivity index (χ0n) is 7.88. The Morgan fingerprint density at radius 1 is 1.00 bits per heavy atom. The van der Waals surface area contributed by atoms with E-state index in [4.69, 9.17) is 0 Å². The van der Waals surface area contributed by atoms with E-state index in [-0.39, 0.29) is 109 Å². The van der Waals surface area contributed by atoms with Crippen molar-refractivity contribution < 1.29 is 117 Å². The van der Waals surface area contributed by atoms with Crippen molar-refractivity contribution >= 4 is 7.94 Å². The van der Waals surface area contributed by atoms with Crippen molar-refractivity contribution in [2.45, 2.75) is 20.8 Å². The maximum Gasteiger partial charge on any atom is 1.00 e. The maximum atomic E-state index is 10.1. The third-order valence-corrected chi connectivity index (χ3v) is 2.00. The molecule has 0 atom stereocenters. The fraction of sp³-hybridized carbons (Fsp3) is 1.00. The minimum atomic E-state index is -4.29. The van der Waals surface area contributed by atoms with E-state index in [9.17, 15) is 14.7 Å². The van der Waals surface area contributed by atoms with E-state index in [1.807, 2.05) is 0 Å². The molecule has 0 heterocycles. The zero-order valence-corrected chi connectivity index (χ0v) is 15.0. The van der Waals surface area contributed by atoms with Crippen LogP contribution in [0.3, 0.4) is 0 Å². The van der Waals surface area contributed by atoms with E-state index in [2.05, 4.69) is 0 Å². The summed E-state index contributed by atoms with van der Waals surface area (Å²) < 4.78 is 0. The van der Waals surface area contributed by atoms with Crippen LogP contribution in [0.25, 0.3) is 0 Å². The first-order chi connectivity index (χ1) is 3.71. The number of rotatable bonds is 1. The standard InChI is InChI=1S/C5H13O3P.2K/c1-5(2,3)4-9(6,7)8;;/h4H2,1-3H3,(H2,6,7,8);;/q;2*+1/p-2. The third-order valence-electron chi connectivity index (χ3n) is 0.668. The average molecular weight is 228 g/mol. The molecule has 0 radical (unpaired) electrons. The second-order valence-electron chi connectivity index (χ2n) is 3.33. The largest absolute Gasteiger partial charge is 1.00 e. The second-order valence-corrected chi connectivity index (χ2v) is 4.87. The fourth-order valence-electron chi connectivity index (χ4n) is 0.581. The quantitative estimate of drug-likeness (QED) is 0.331. The third kappa shape index (κ3) is 19.8. The molecule has 0 saturated carbocycles. The molecule has 0 aliphatic heterocycles. The molecule has 0 N–H and O–H groups in total. The van der Waals surface area contributed by atoms with Crippen LogP contribution in [-0.4, -0.2) is 6.16 Å². The normalized spacial score (nSPS) is 11.5. The first kappa shape index (κ1) is 20.1. The molecule has 0 rings (SSSR count). The van der Waals surface area contributed by atoms with Gasteiger partial charge in [0.1, 0.15) is 0 Å². The van der Waals surface area contributed by atoms with Crippen LogP contribution >= 0.6 is 7.94 Å². The van der Waals surface area contributed by atoms with Gasteiger partial charge >= 0.3 is 103 Å². The Labute approximate surface area is 154 Å². The van der Waals surface area contributed by atoms with E-state index >= 15 is 0 Å². The summed E-state index contributed by atoms with van der Waals surface area (Å²) in [7, 11) is -4.29. The van der Waals surface area contributed by atoms with E-state index in [1.165, 1.54) is 0 Å². The van der Waals surface area contributed by atoms with Gasteiger partial charge in [0.25, 0.3) is 0 Å². The predicted octanol–water partition coefficient (Wildman–Crippen LogP) is -7.12. The number of hydrogen-bond acceptors (Lipinski definition) is 3. The zero-order chi connectivity index (χ0) is 7.71. The van der Waals surface area contributed by atoms with Gasteiger partial charge in [0.15, 0.2) is 0 Å². The molecule has 0 saturated heterocycles. The van der Waals surface area contributed by atoms with Crippen molar-refractivity contribution in [3.8, 4) is 0 Å². The van der Waals surface area contributed by atoms with Crippen LogP contribution in [-0.2, 0) is 0 Å². The molecule has 0 fully saturated rings. The summed E-state index contributed by atoms with van der Waals surface area (Å²) in [6, 6.07) is 0. The average Bonchev–Trinajstić information content (AvgIpc) is 1.14. The van der Waals surface area contributed by atoms with Crippen LogP contribution in [0.1, 0.15) is 20.8 Å². The molecule has 0 aliphatic carbocycles. The van der Waals surface area contributed by atoms with Crippen molar-refractivity contribution in [2.75, 3.05) is 6.16 Å². The van der Waals surface area contributed by atoms with Gasteiger partial charge in [0, 0.05) is 6.16 Å². The van der Waals surface area contributed by atoms with Gasteiger partial charge in [0.05, 0.1) is 0 Å². The predicted molar refractivity (Wildman–Crippen MR) is 31.2 cm³/mol. The van der Waals surface area contributed by atoms with Gasteiger partial charge < -0.3 is 14.7 Å². The molecule has 6 heteroatoms. The first-order valence-corrected chi connectivity index (χ1v) is 4.45. The molecule has 0 spiro atoms. The Morgan fingerprint density at radius 2 is 1.27 bits per heavy atom. The van der Waals surface area contributed by atoms with Gasteiger partial charge in [-0.05, 0) is 5.41 Å². The van der Waals surface area contributed by atoms with Gasteiger partial charge in [-0.15, -0.1) is 0 Å². The SMILES string of the molecule is CC(C)(C)C[P+]([O-])([O-])[O-].[K+].[K+]. The van der Waals surface area contributed by atoms with Crippen LogP contribution in [0, 0.1) is 5.41 Å². The molecule has 0 aliphatic rings. The van der Waals surface area contributed by atoms with Crippen molar-refractivity contribution in [3.05, 3.63) is 0 Å². The molecule has 0 amide bonds. The van der Waals surface area contributed by atoms with E-state index in [0.717, 1.165) is 0 Å². The Balaban J connectivity index is -0.000000320. The molecule has 0 bridgehead atoms. The molecule has 56 valence electrons. The molecule has 0 aromatic carbocycles. The molecule has 11 heavy (non-hydrogen) atoms. The van der Waals surface area contributed by atoms with Gasteiger partial charge in [-0.25, -0.2) is 0 Å². The van der Waals surface area contributed by atoms with Crippen LogP contribution in [0.2, 0.25) is 0 Å². The molecule has 0 aromatic heterocycles. The Hall–Kier alpha value is 3.58. The van der Waals surface area contributed by atoms with Crippen LogP contribution in [0.5, 0.6) is 0 Å². The van der Waals surface area contributed by atoms with Crippen LogP contribution < -0.4 is 117 Å². The summed E-state index contributed by atoms with van der Waals surface area (Å²) in [4.78, 5) is 30.4. The van der Waals surface area contributed by atoms with Crippen molar-refractivity contribution in [2.24, 2.45) is 5.41 Å². The minimum Gasteiger partial charge on any atom is -0.688 e. The summed E-state index contributed by atoms with van der Waals surface area (Å²) in [5, 5.41) is 0. The first-order valence-electron chi connectivity index (χ1n) is 2.72. The Bertz CT molecular complexity index is 84.9. The molecular weight excluding hydrogens is 217 g/mol. The molecule has 0 unspecified atom stereocenters. The van der Waals surface area contributed by atoms with Gasteiger partial charge in [-0.3, -0.25) is 0 Å². The minimum absolute atomic E-state index is 0. The van der Waals surface area contributed by atoms with Gasteiger partial charge in [-0.1, -0.05) is 20.8 Å². The van der Waals surface area contributed by atoms with E-state index < -0.39 is 13.4 Å². The maximum absolute atomic E-state index is 10.1. The summed E-state index contributed by atoms with van der Waals surface area (Å²) in [5.74, 6) is 0. The number of hydrogen-bond donors (Lipinski definition) is 0. The summed E-state index contributed by atoms with van der Waals surface area (Å²) in [6.07, 6.45) is -0.264. The molecular formula is C5H11K2O3P. The van der Waals surface area contributed by atoms with Crippen molar-refractivity contribution in [3.63, 3.8) is 0 Å². The summed E-state index contributed by atoms with van der Waals surface area (Å²) >= 11 is 0. The topological polar surface area (TPSA) is 69.2 Å². The van der Waals surface area contributed by atoms with Crippen LogP contribution in [0.15, 0.2) is 0 Å². The van der Waals surface area contributed by atoms with Crippen LogP contribution in [0.4, 0.5) is 0 Å².